The summed E-state index contributed by atoms with van der Waals surface area (Å²) in [6, 6.07) is 4.00. The monoisotopic (exact) mass is 206 g/mol. The molecule has 0 atom stereocenters. The maximum absolute atomic E-state index is 10.3. The van der Waals surface area contributed by atoms with Crippen molar-refractivity contribution in [3.63, 3.8) is 0 Å². The molecule has 1 aliphatic rings. The van der Waals surface area contributed by atoms with Gasteiger partial charge in [-0.1, -0.05) is 6.07 Å². The van der Waals surface area contributed by atoms with E-state index in [0.717, 1.165) is 24.4 Å². The Bertz CT molecular complexity index is 377. The molecule has 0 amide bonds. The molecule has 0 aliphatic heterocycles. The van der Waals surface area contributed by atoms with Gasteiger partial charge in [0, 0.05) is 12.2 Å². The third-order valence-corrected chi connectivity index (χ3v) is 2.57. The lowest BCUT2D eigenvalue weighted by Gasteiger charge is -2.05. The van der Waals surface area contributed by atoms with E-state index in [-0.39, 0.29) is 6.42 Å². The Hall–Kier alpha value is -1.58. The maximum atomic E-state index is 10.3. The molecule has 80 valence electrons. The van der Waals surface area contributed by atoms with Crippen LogP contribution in [0.1, 0.15) is 24.1 Å². The molecule has 1 aliphatic carbocycles. The molecule has 2 rings (SSSR count). The lowest BCUT2D eigenvalue weighted by molar-refractivity contribution is -0.136. The molecule has 0 spiro atoms. The van der Waals surface area contributed by atoms with Gasteiger partial charge in [-0.3, -0.25) is 4.79 Å². The summed E-state index contributed by atoms with van der Waals surface area (Å²) in [5.74, 6) is 0.000519. The van der Waals surface area contributed by atoms with E-state index in [1.165, 1.54) is 12.0 Å². The second-order valence-electron chi connectivity index (χ2n) is 3.73. The van der Waals surface area contributed by atoms with Crippen LogP contribution in [0.25, 0.3) is 0 Å². The Labute approximate surface area is 88.3 Å². The fourth-order valence-corrected chi connectivity index (χ4v) is 1.82. The second-order valence-corrected chi connectivity index (χ2v) is 3.73. The number of fused-ring (bicyclic) bond motifs is 1. The molecule has 0 aromatic carbocycles. The van der Waals surface area contributed by atoms with E-state index in [4.69, 9.17) is 5.11 Å². The molecule has 2 N–H and O–H groups in total. The Balaban J connectivity index is 1.95. The van der Waals surface area contributed by atoms with Gasteiger partial charge >= 0.3 is 5.97 Å². The summed E-state index contributed by atoms with van der Waals surface area (Å²) in [7, 11) is 0. The van der Waals surface area contributed by atoms with Gasteiger partial charge in [0.15, 0.2) is 0 Å². The van der Waals surface area contributed by atoms with E-state index in [1.807, 2.05) is 6.07 Å². The molecule has 0 radical (unpaired) electrons. The summed E-state index contributed by atoms with van der Waals surface area (Å²) in [4.78, 5) is 14.8. The van der Waals surface area contributed by atoms with Gasteiger partial charge in [-0.15, -0.1) is 0 Å². The van der Waals surface area contributed by atoms with E-state index in [1.54, 1.807) is 0 Å². The van der Waals surface area contributed by atoms with E-state index < -0.39 is 5.97 Å². The molecule has 0 bridgehead atoms. The van der Waals surface area contributed by atoms with Gasteiger partial charge in [0.2, 0.25) is 0 Å². The number of rotatable bonds is 4. The molecule has 0 fully saturated rings. The van der Waals surface area contributed by atoms with Crippen LogP contribution in [0.3, 0.4) is 0 Å². The Kier molecular flexibility index (Phi) is 2.85. The van der Waals surface area contributed by atoms with Crippen molar-refractivity contribution in [1.29, 1.82) is 0 Å². The number of nitrogens with one attached hydrogen (secondary N) is 1. The predicted octanol–water partition coefficient (Wildman–Crippen LogP) is 1.46. The van der Waals surface area contributed by atoms with Gasteiger partial charge in [0.05, 0.1) is 6.42 Å². The van der Waals surface area contributed by atoms with Crippen molar-refractivity contribution in [2.75, 3.05) is 11.9 Å². The molecule has 4 heteroatoms. The first kappa shape index (κ1) is 9.96. The summed E-state index contributed by atoms with van der Waals surface area (Å²) >= 11 is 0. The molecular formula is C11H14N2O2. The van der Waals surface area contributed by atoms with Crippen molar-refractivity contribution in [3.8, 4) is 0 Å². The molecule has 15 heavy (non-hydrogen) atoms. The Morgan fingerprint density at radius 3 is 3.13 bits per heavy atom. The fourth-order valence-electron chi connectivity index (χ4n) is 1.82. The summed E-state index contributed by atoms with van der Waals surface area (Å²) in [6.07, 6.45) is 3.47. The number of anilines is 1. The largest absolute Gasteiger partial charge is 0.481 e. The Morgan fingerprint density at radius 2 is 2.33 bits per heavy atom. The fraction of sp³-hybridized carbons (Fsp3) is 0.455. The quantitative estimate of drug-likeness (QED) is 0.782. The van der Waals surface area contributed by atoms with Crippen molar-refractivity contribution in [2.24, 2.45) is 0 Å². The van der Waals surface area contributed by atoms with Crippen LogP contribution < -0.4 is 5.32 Å². The number of nitrogens with zero attached hydrogens (tertiary/aromatic N) is 1. The average Bonchev–Trinajstić information content (AvgIpc) is 2.64. The van der Waals surface area contributed by atoms with Crippen molar-refractivity contribution in [2.45, 2.75) is 25.7 Å². The van der Waals surface area contributed by atoms with Crippen LogP contribution in [-0.4, -0.2) is 22.6 Å². The van der Waals surface area contributed by atoms with Crippen LogP contribution in [0.2, 0.25) is 0 Å². The number of hydrogen-bond acceptors (Lipinski definition) is 3. The molecule has 0 saturated carbocycles. The van der Waals surface area contributed by atoms with Crippen LogP contribution in [0.4, 0.5) is 5.82 Å². The van der Waals surface area contributed by atoms with E-state index >= 15 is 0 Å². The lowest BCUT2D eigenvalue weighted by atomic mass is 10.2. The number of carboxylic acid groups (broad SMARTS) is 1. The molecule has 4 nitrogen and oxygen atoms in total. The highest BCUT2D eigenvalue weighted by atomic mass is 16.4. The molecule has 1 aromatic rings. The first-order valence-electron chi connectivity index (χ1n) is 5.20. The maximum Gasteiger partial charge on any atom is 0.305 e. The highest BCUT2D eigenvalue weighted by Gasteiger charge is 2.12. The van der Waals surface area contributed by atoms with Gasteiger partial charge in [-0.05, 0) is 30.9 Å². The summed E-state index contributed by atoms with van der Waals surface area (Å²) in [5.41, 5.74) is 2.49. The zero-order valence-electron chi connectivity index (χ0n) is 8.49. The van der Waals surface area contributed by atoms with Crippen molar-refractivity contribution >= 4 is 11.8 Å². The number of hydrogen-bond donors (Lipinski definition) is 2. The number of carboxylic acids is 1. The van der Waals surface area contributed by atoms with E-state index in [9.17, 15) is 4.79 Å². The van der Waals surface area contributed by atoms with E-state index in [0.29, 0.717) is 6.54 Å². The smallest absolute Gasteiger partial charge is 0.305 e. The SMILES string of the molecule is O=C(O)CCNc1ccc2c(n1)CCC2. The zero-order valence-corrected chi connectivity index (χ0v) is 8.49. The highest BCUT2D eigenvalue weighted by Crippen LogP contribution is 2.21. The third-order valence-electron chi connectivity index (χ3n) is 2.57. The zero-order chi connectivity index (χ0) is 10.7. The number of pyridine rings is 1. The van der Waals surface area contributed by atoms with Crippen LogP contribution in [0, 0.1) is 0 Å². The average molecular weight is 206 g/mol. The number of aryl methyl sites for hydroxylation is 2. The summed E-state index contributed by atoms with van der Waals surface area (Å²) < 4.78 is 0. The minimum Gasteiger partial charge on any atom is -0.481 e. The van der Waals surface area contributed by atoms with Gasteiger partial charge in [0.1, 0.15) is 5.82 Å². The molecule has 1 heterocycles. The number of aromatic nitrogens is 1. The van der Waals surface area contributed by atoms with Crippen molar-refractivity contribution in [3.05, 3.63) is 23.4 Å². The van der Waals surface area contributed by atoms with Crippen LogP contribution in [0.5, 0.6) is 0 Å². The molecule has 1 aromatic heterocycles. The molecular weight excluding hydrogens is 192 g/mol. The van der Waals surface area contributed by atoms with Gasteiger partial charge < -0.3 is 10.4 Å². The first-order valence-corrected chi connectivity index (χ1v) is 5.20. The van der Waals surface area contributed by atoms with Gasteiger partial charge in [0.25, 0.3) is 0 Å². The van der Waals surface area contributed by atoms with Crippen LogP contribution in [0.15, 0.2) is 12.1 Å². The van der Waals surface area contributed by atoms with Crippen LogP contribution in [-0.2, 0) is 17.6 Å². The Morgan fingerprint density at radius 1 is 1.47 bits per heavy atom. The summed E-state index contributed by atoms with van der Waals surface area (Å²) in [5, 5.41) is 11.5. The lowest BCUT2D eigenvalue weighted by Crippen LogP contribution is -2.09. The highest BCUT2D eigenvalue weighted by molar-refractivity contribution is 5.67. The minimum absolute atomic E-state index is 0.124. The van der Waals surface area contributed by atoms with Crippen molar-refractivity contribution in [1.82, 2.24) is 4.98 Å². The van der Waals surface area contributed by atoms with Crippen molar-refractivity contribution < 1.29 is 9.90 Å². The van der Waals surface area contributed by atoms with Gasteiger partial charge in [-0.2, -0.15) is 0 Å². The predicted molar refractivity (Wildman–Crippen MR) is 57.0 cm³/mol. The third kappa shape index (κ3) is 2.46. The number of carbonyl (C=O) groups is 1. The summed E-state index contributed by atoms with van der Waals surface area (Å²) in [6.45, 7) is 0.432. The van der Waals surface area contributed by atoms with E-state index in [2.05, 4.69) is 16.4 Å². The first-order chi connectivity index (χ1) is 7.25. The normalized spacial score (nSPS) is 13.6. The van der Waals surface area contributed by atoms with Gasteiger partial charge in [-0.25, -0.2) is 4.98 Å². The second kappa shape index (κ2) is 4.29. The minimum atomic E-state index is -0.788. The topological polar surface area (TPSA) is 62.2 Å². The van der Waals surface area contributed by atoms with Crippen LogP contribution >= 0.6 is 0 Å². The number of aliphatic carboxylic acids is 1. The molecule has 0 saturated heterocycles. The standard InChI is InChI=1S/C11H14N2O2/c14-11(15)6-7-12-10-5-4-8-2-1-3-9(8)13-10/h4-5H,1-3,6-7H2,(H,12,13)(H,14,15). The molecule has 0 unspecified atom stereocenters.